The summed E-state index contributed by atoms with van der Waals surface area (Å²) in [5.74, 6) is -1.02. The Morgan fingerprint density at radius 3 is 2.58 bits per heavy atom. The number of carbonyl (C=O) groups excluding carboxylic acids is 2. The molecule has 4 rings (SSSR count). The summed E-state index contributed by atoms with van der Waals surface area (Å²) in [5.41, 5.74) is 0.249. The van der Waals surface area contributed by atoms with Gasteiger partial charge in [0, 0.05) is 24.7 Å². The molecule has 0 radical (unpaired) electrons. The third-order valence-corrected chi connectivity index (χ3v) is 6.30. The number of alkyl halides is 3. The minimum Gasteiger partial charge on any atom is -0.455 e. The molecular weight excluding hydrogens is 475 g/mol. The van der Waals surface area contributed by atoms with Crippen LogP contribution in [-0.2, 0) is 22.3 Å². The molecule has 0 bridgehead atoms. The van der Waals surface area contributed by atoms with Gasteiger partial charge in [-0.1, -0.05) is 6.07 Å². The number of nitrogens with zero attached hydrogens (tertiary/aromatic N) is 3. The molecule has 3 aromatic heterocycles. The molecule has 0 aliphatic carbocycles. The molecule has 0 fully saturated rings. The van der Waals surface area contributed by atoms with E-state index in [4.69, 9.17) is 4.74 Å². The van der Waals surface area contributed by atoms with Crippen LogP contribution in [0.25, 0.3) is 5.69 Å². The zero-order valence-corrected chi connectivity index (χ0v) is 18.7. The van der Waals surface area contributed by atoms with Gasteiger partial charge in [-0.25, -0.2) is 9.78 Å². The van der Waals surface area contributed by atoms with Crippen LogP contribution < -0.4 is 4.90 Å². The molecule has 33 heavy (non-hydrogen) atoms. The first-order valence-corrected chi connectivity index (χ1v) is 11.3. The van der Waals surface area contributed by atoms with E-state index in [2.05, 4.69) is 4.98 Å². The van der Waals surface area contributed by atoms with Gasteiger partial charge in [0.15, 0.2) is 5.13 Å². The van der Waals surface area contributed by atoms with Crippen LogP contribution in [0.15, 0.2) is 65.6 Å². The Kier molecular flexibility index (Phi) is 6.34. The number of rotatable bonds is 6. The molecule has 4 aromatic rings. The van der Waals surface area contributed by atoms with Crippen molar-refractivity contribution in [3.8, 4) is 5.69 Å². The molecule has 3 heterocycles. The van der Waals surface area contributed by atoms with Crippen molar-refractivity contribution in [1.82, 2.24) is 9.55 Å². The summed E-state index contributed by atoms with van der Waals surface area (Å²) in [7, 11) is 0. The predicted molar refractivity (Wildman–Crippen MR) is 119 cm³/mol. The Morgan fingerprint density at radius 2 is 1.88 bits per heavy atom. The van der Waals surface area contributed by atoms with Gasteiger partial charge in [-0.2, -0.15) is 13.2 Å². The maximum absolute atomic E-state index is 13.1. The van der Waals surface area contributed by atoms with Gasteiger partial charge >= 0.3 is 12.1 Å². The standard InChI is InChI=1S/C22H16F3N3O3S2/c1-14(29)28(17-6-4-5-15(11-17)22(23,24)25)21-26-16(13-33-21)12-31-20(30)19-18(7-10-32-19)27-8-2-3-9-27/h2-11,13H,12H2,1H3. The number of hydrogen-bond acceptors (Lipinski definition) is 6. The highest BCUT2D eigenvalue weighted by Gasteiger charge is 2.31. The molecule has 170 valence electrons. The van der Waals surface area contributed by atoms with Crippen molar-refractivity contribution in [2.24, 2.45) is 0 Å². The topological polar surface area (TPSA) is 64.4 Å². The number of esters is 1. The van der Waals surface area contributed by atoms with Crippen LogP contribution in [0.5, 0.6) is 0 Å². The third kappa shape index (κ3) is 4.99. The second-order valence-electron chi connectivity index (χ2n) is 6.83. The lowest BCUT2D eigenvalue weighted by atomic mass is 10.2. The van der Waals surface area contributed by atoms with Gasteiger partial charge in [0.1, 0.15) is 11.5 Å². The van der Waals surface area contributed by atoms with Gasteiger partial charge in [0.25, 0.3) is 0 Å². The summed E-state index contributed by atoms with van der Waals surface area (Å²) in [5, 5.41) is 3.55. The molecular formula is C22H16F3N3O3S2. The minimum atomic E-state index is -4.54. The van der Waals surface area contributed by atoms with E-state index >= 15 is 0 Å². The Hall–Kier alpha value is -3.44. The lowest BCUT2D eigenvalue weighted by molar-refractivity contribution is -0.137. The Labute approximate surface area is 194 Å². The van der Waals surface area contributed by atoms with E-state index in [1.165, 1.54) is 30.4 Å². The van der Waals surface area contributed by atoms with E-state index in [1.54, 1.807) is 15.3 Å². The second kappa shape index (κ2) is 9.20. The average Bonchev–Trinajstić information content (AvgIpc) is 3.52. The largest absolute Gasteiger partial charge is 0.455 e. The number of thiazole rings is 1. The molecule has 0 aliphatic heterocycles. The summed E-state index contributed by atoms with van der Waals surface area (Å²) in [6.45, 7) is 1.09. The van der Waals surface area contributed by atoms with Crippen LogP contribution in [0.4, 0.5) is 24.0 Å². The molecule has 1 aromatic carbocycles. The quantitative estimate of drug-likeness (QED) is 0.308. The molecule has 0 saturated carbocycles. The van der Waals surface area contributed by atoms with E-state index < -0.39 is 23.6 Å². The number of anilines is 2. The van der Waals surface area contributed by atoms with Crippen LogP contribution >= 0.6 is 22.7 Å². The fraction of sp³-hybridized carbons (Fsp3) is 0.136. The van der Waals surface area contributed by atoms with Crippen LogP contribution in [-0.4, -0.2) is 21.4 Å². The summed E-state index contributed by atoms with van der Waals surface area (Å²) in [6, 6.07) is 9.94. The summed E-state index contributed by atoms with van der Waals surface area (Å²) in [4.78, 5) is 30.6. The van der Waals surface area contributed by atoms with Gasteiger partial charge in [-0.15, -0.1) is 22.7 Å². The second-order valence-corrected chi connectivity index (χ2v) is 8.58. The van der Waals surface area contributed by atoms with Crippen molar-refractivity contribution < 1.29 is 27.5 Å². The zero-order valence-electron chi connectivity index (χ0n) is 17.1. The first kappa shape index (κ1) is 22.7. The number of benzene rings is 1. The number of ether oxygens (including phenoxy) is 1. The highest BCUT2D eigenvalue weighted by Crippen LogP contribution is 2.35. The first-order valence-electron chi connectivity index (χ1n) is 9.54. The molecule has 0 atom stereocenters. The predicted octanol–water partition coefficient (Wildman–Crippen LogP) is 6.06. The van der Waals surface area contributed by atoms with Crippen LogP contribution in [0.1, 0.15) is 27.9 Å². The fourth-order valence-electron chi connectivity index (χ4n) is 3.07. The Morgan fingerprint density at radius 1 is 1.12 bits per heavy atom. The van der Waals surface area contributed by atoms with Crippen molar-refractivity contribution in [3.63, 3.8) is 0 Å². The SMILES string of the molecule is CC(=O)N(c1cccc(C(F)(F)F)c1)c1nc(COC(=O)c2sccc2-n2cccc2)cs1. The molecule has 0 spiro atoms. The maximum atomic E-state index is 13.1. The molecule has 11 heteroatoms. The normalized spacial score (nSPS) is 11.4. The molecule has 6 nitrogen and oxygen atoms in total. The number of aromatic nitrogens is 2. The van der Waals surface area contributed by atoms with E-state index in [0.717, 1.165) is 28.4 Å². The lowest BCUT2D eigenvalue weighted by Crippen LogP contribution is -2.23. The smallest absolute Gasteiger partial charge is 0.416 e. The average molecular weight is 492 g/mol. The highest BCUT2D eigenvalue weighted by molar-refractivity contribution is 7.14. The molecule has 0 unspecified atom stereocenters. The van der Waals surface area contributed by atoms with Crippen molar-refractivity contribution in [3.05, 3.63) is 81.8 Å². The number of hydrogen-bond donors (Lipinski definition) is 0. The monoisotopic (exact) mass is 491 g/mol. The number of amides is 1. The number of thiophene rings is 1. The van der Waals surface area contributed by atoms with Crippen LogP contribution in [0.2, 0.25) is 0 Å². The Bertz CT molecular complexity index is 1280. The van der Waals surface area contributed by atoms with Gasteiger partial charge < -0.3 is 9.30 Å². The van der Waals surface area contributed by atoms with E-state index in [-0.39, 0.29) is 17.4 Å². The van der Waals surface area contributed by atoms with E-state index in [9.17, 15) is 22.8 Å². The molecule has 0 aliphatic rings. The van der Waals surface area contributed by atoms with Gasteiger partial charge in [-0.3, -0.25) is 9.69 Å². The first-order chi connectivity index (χ1) is 15.7. The molecule has 1 amide bonds. The van der Waals surface area contributed by atoms with Crippen LogP contribution in [0, 0.1) is 0 Å². The maximum Gasteiger partial charge on any atom is 0.416 e. The number of carbonyl (C=O) groups is 2. The van der Waals surface area contributed by atoms with E-state index in [0.29, 0.717) is 16.3 Å². The fourth-order valence-corrected chi connectivity index (χ4v) is 4.73. The van der Waals surface area contributed by atoms with Crippen LogP contribution in [0.3, 0.4) is 0 Å². The highest BCUT2D eigenvalue weighted by atomic mass is 32.1. The van der Waals surface area contributed by atoms with Gasteiger partial charge in [-0.05, 0) is 41.8 Å². The van der Waals surface area contributed by atoms with Crippen molar-refractivity contribution in [1.29, 1.82) is 0 Å². The zero-order chi connectivity index (χ0) is 23.6. The van der Waals surface area contributed by atoms with Crippen molar-refractivity contribution in [2.45, 2.75) is 19.7 Å². The molecule has 0 saturated heterocycles. The Balaban J connectivity index is 1.50. The molecule has 0 N–H and O–H groups in total. The van der Waals surface area contributed by atoms with Gasteiger partial charge in [0.2, 0.25) is 5.91 Å². The van der Waals surface area contributed by atoms with Crippen molar-refractivity contribution in [2.75, 3.05) is 4.90 Å². The van der Waals surface area contributed by atoms with Gasteiger partial charge in [0.05, 0.1) is 22.6 Å². The summed E-state index contributed by atoms with van der Waals surface area (Å²) in [6.07, 6.45) is -0.909. The summed E-state index contributed by atoms with van der Waals surface area (Å²) < 4.78 is 46.4. The van der Waals surface area contributed by atoms with E-state index in [1.807, 2.05) is 30.6 Å². The van der Waals surface area contributed by atoms with Crippen molar-refractivity contribution >= 4 is 45.4 Å². The summed E-state index contributed by atoms with van der Waals surface area (Å²) >= 11 is 2.31. The number of halogens is 3. The lowest BCUT2D eigenvalue weighted by Gasteiger charge is -2.19. The third-order valence-electron chi connectivity index (χ3n) is 4.54. The minimum absolute atomic E-state index is 0.0465.